The summed E-state index contributed by atoms with van der Waals surface area (Å²) >= 11 is 0. The fourth-order valence-corrected chi connectivity index (χ4v) is 21.7. The molecule has 306 valence electrons. The van der Waals surface area contributed by atoms with Gasteiger partial charge < -0.3 is 0 Å². The third-order valence-corrected chi connectivity index (χ3v) is 22.6. The normalized spacial score (nSPS) is 9.79. The lowest BCUT2D eigenvalue weighted by molar-refractivity contribution is 3.15. The lowest BCUT2D eigenvalue weighted by Crippen LogP contribution is -2.99. The van der Waals surface area contributed by atoms with Crippen LogP contribution in [-0.2, 0) is 0 Å². The molecule has 0 heterocycles. The van der Waals surface area contributed by atoms with Crippen LogP contribution >= 0.6 is 0 Å². The van der Waals surface area contributed by atoms with Crippen molar-refractivity contribution in [2.24, 2.45) is 0 Å². The molecule has 0 rings (SSSR count). The van der Waals surface area contributed by atoms with Crippen LogP contribution in [0.2, 0.25) is 0 Å². The molecular formula is H78B76. The average molecular weight is 900 g/mol. The summed E-state index contributed by atoms with van der Waals surface area (Å²) in [7, 11) is 105. The van der Waals surface area contributed by atoms with Crippen LogP contribution in [-0.4, -0.2) is 538 Å². The summed E-state index contributed by atoms with van der Waals surface area (Å²) in [6, 6.07) is 0. The molecule has 0 aromatic heterocycles. The molecule has 0 N–H and O–H groups in total. The Morgan fingerprint density at radius 1 is 0.0789 bits per heavy atom. The van der Waals surface area contributed by atoms with Crippen LogP contribution in [0, 0.1) is 0 Å². The van der Waals surface area contributed by atoms with E-state index < -0.39 is 0 Å². The van der Waals surface area contributed by atoms with Gasteiger partial charge in [0, 0.05) is 236 Å². The second-order valence-corrected chi connectivity index (χ2v) is 34.3. The molecule has 0 aliphatic heterocycles. The number of hydrogen-bond donors (Lipinski definition) is 0. The Balaban J connectivity index is 12.3. The highest BCUT2D eigenvalue weighted by Gasteiger charge is 2.66. The third-order valence-electron chi connectivity index (χ3n) is 22.6. The van der Waals surface area contributed by atoms with Gasteiger partial charge in [0.1, 0.15) is 0 Å². The first-order valence-corrected chi connectivity index (χ1v) is 34.5. The van der Waals surface area contributed by atoms with Crippen LogP contribution in [0.4, 0.5) is 0 Å². The van der Waals surface area contributed by atoms with Gasteiger partial charge in [0.2, 0.25) is 0 Å². The SMILES string of the molecule is BB(B)B(B)B(B(B(B)B)B(B)B)B(B(B(B(B)B)B(B)B)B(B(B)B)B(B)B)B(B(B(B(B)B)B(B)B)B(B(B)B)B(B)B)B(B(B(B(B)B)B(B)B)B(B(B)B)B(B)B)B(B(B(B)B)B(B)B)B(B(B)B)B(B)B. The van der Waals surface area contributed by atoms with Crippen LogP contribution in [0.15, 0.2) is 0 Å². The maximum atomic E-state index is 2.84. The molecule has 0 aromatic carbocycles. The van der Waals surface area contributed by atoms with Gasteiger partial charge in [-0.2, -0.15) is 0 Å². The van der Waals surface area contributed by atoms with Gasteiger partial charge in [-0.1, -0.05) is 0 Å². The molecule has 0 amide bonds. The van der Waals surface area contributed by atoms with Crippen LogP contribution in [0.5, 0.6) is 0 Å². The van der Waals surface area contributed by atoms with Crippen molar-refractivity contribution < 1.29 is 0 Å². The Hall–Kier alpha value is 4.94. The Morgan fingerprint density at radius 2 is 0.158 bits per heavy atom. The van der Waals surface area contributed by atoms with E-state index in [-0.39, 0.29) is 0 Å². The largest absolute Gasteiger partial charge is 0.0552 e. The summed E-state index contributed by atoms with van der Waals surface area (Å²) in [6.07, 6.45) is 21.9. The molecule has 76 heavy (non-hydrogen) atoms. The van der Waals surface area contributed by atoms with Crippen molar-refractivity contribution >= 4 is 538 Å². The Bertz CT molecular complexity index is 1270. The monoisotopic (exact) mass is 915 g/mol. The van der Waals surface area contributed by atoms with Crippen molar-refractivity contribution in [2.45, 2.75) is 0 Å². The molecular weight excluding hydrogens is 822 g/mol. The minimum absolute atomic E-state index is 0.538. The minimum atomic E-state index is 0.538. The topological polar surface area (TPSA) is 0 Å². The first kappa shape index (κ1) is 80.9. The molecule has 0 atom stereocenters. The average Bonchev–Trinajstić information content (AvgIpc) is 3.19. The second kappa shape index (κ2) is 37.1. The molecule has 76 heteroatoms. The number of rotatable bonds is 36. The maximum Gasteiger partial charge on any atom is 0.0552 e. The summed E-state index contributed by atoms with van der Waals surface area (Å²) in [6.45, 7) is 0. The zero-order chi connectivity index (χ0) is 60.4. The van der Waals surface area contributed by atoms with Gasteiger partial charge in [-0.05, 0) is 0 Å². The summed E-state index contributed by atoms with van der Waals surface area (Å²) in [5.74, 6) is 0. The van der Waals surface area contributed by atoms with Gasteiger partial charge in [0.05, 0.1) is 302 Å². The van der Waals surface area contributed by atoms with Gasteiger partial charge in [-0.15, -0.1) is 0 Å². The van der Waals surface area contributed by atoms with E-state index in [1.807, 2.05) is 0 Å². The third kappa shape index (κ3) is 21.6. The first-order valence-electron chi connectivity index (χ1n) is 34.5. The van der Waals surface area contributed by atoms with Crippen molar-refractivity contribution in [1.82, 2.24) is 0 Å². The van der Waals surface area contributed by atoms with E-state index in [9.17, 15) is 0 Å². The summed E-state index contributed by atoms with van der Waals surface area (Å²) in [5.41, 5.74) is 0. The van der Waals surface area contributed by atoms with E-state index in [1.54, 1.807) is 0 Å². The van der Waals surface area contributed by atoms with Crippen molar-refractivity contribution in [3.8, 4) is 0 Å². The van der Waals surface area contributed by atoms with Crippen LogP contribution in [0.25, 0.3) is 0 Å². The van der Waals surface area contributed by atoms with Crippen molar-refractivity contribution in [2.75, 3.05) is 0 Å². The van der Waals surface area contributed by atoms with Gasteiger partial charge in [0.25, 0.3) is 0 Å². The quantitative estimate of drug-likeness (QED) is 0.0550. The Morgan fingerprint density at radius 3 is 0.250 bits per heavy atom. The van der Waals surface area contributed by atoms with Crippen molar-refractivity contribution in [1.29, 1.82) is 0 Å². The molecule has 0 aliphatic carbocycles. The van der Waals surface area contributed by atoms with Crippen LogP contribution < -0.4 is 0 Å². The summed E-state index contributed by atoms with van der Waals surface area (Å²) in [4.78, 5) is 0. The second-order valence-electron chi connectivity index (χ2n) is 34.3. The van der Waals surface area contributed by atoms with Gasteiger partial charge >= 0.3 is 0 Å². The van der Waals surface area contributed by atoms with Crippen molar-refractivity contribution in [3.63, 3.8) is 0 Å². The molecule has 0 aliphatic rings. The van der Waals surface area contributed by atoms with Crippen LogP contribution in [0.1, 0.15) is 0 Å². The van der Waals surface area contributed by atoms with E-state index in [1.165, 1.54) is 0 Å². The van der Waals surface area contributed by atoms with Gasteiger partial charge in [0.15, 0.2) is 0 Å². The fourth-order valence-electron chi connectivity index (χ4n) is 21.7. The molecule has 0 bridgehead atoms. The van der Waals surface area contributed by atoms with E-state index in [0.717, 1.165) is 0 Å². The van der Waals surface area contributed by atoms with E-state index in [4.69, 9.17) is 0 Å². The predicted octanol–water partition coefficient (Wildman–Crippen LogP) is -49.8. The molecule has 0 nitrogen and oxygen atoms in total. The highest BCUT2D eigenvalue weighted by Crippen LogP contribution is 2.27. The van der Waals surface area contributed by atoms with Gasteiger partial charge in [-0.25, -0.2) is 0 Å². The molecule has 0 spiro atoms. The molecule has 0 saturated heterocycles. The number of hydrogen-bond acceptors (Lipinski definition) is 0. The van der Waals surface area contributed by atoms with E-state index >= 15 is 0 Å². The van der Waals surface area contributed by atoms with Crippen LogP contribution in [0.3, 0.4) is 0 Å². The van der Waals surface area contributed by atoms with Gasteiger partial charge in [-0.3, -0.25) is 0 Å². The zero-order valence-corrected chi connectivity index (χ0v) is 60.4. The fraction of sp³-hybridized carbons (Fsp3) is 0. The highest BCUT2D eigenvalue weighted by atomic mass is 13.5. The smallest absolute Gasteiger partial charge is 0.00000416 e. The molecule has 0 unspecified atom stereocenters. The maximum absolute atomic E-state index is 2.84. The van der Waals surface area contributed by atoms with E-state index in [2.05, 4.69) is 302 Å². The molecule has 0 radical (unpaired) electrons. The Labute approximate surface area is 532 Å². The summed E-state index contributed by atoms with van der Waals surface area (Å²) < 4.78 is 0. The lowest BCUT2D eigenvalue weighted by atomic mass is 8.20. The highest BCUT2D eigenvalue weighted by molar-refractivity contribution is 8.40. The molecule has 0 fully saturated rings. The molecule has 0 aromatic rings. The molecule has 0 saturated carbocycles. The Kier molecular flexibility index (Phi) is 39.5. The van der Waals surface area contributed by atoms with E-state index in [0.29, 0.717) is 236 Å². The minimum Gasteiger partial charge on any atom is 0.00000416 e. The lowest BCUT2D eigenvalue weighted by Gasteiger charge is -2.60. The summed E-state index contributed by atoms with van der Waals surface area (Å²) in [5, 5.41) is 0. The standard InChI is InChI=1S/B76H78/c1-40(2)59(39)69(60(41(3)4)42(5)6)74(70(61(43(7)8)44(9)10)62(45(11)12)46(13)14)76(73(67(55(31)32)56(33)34)68(57(35)36)58(37)38)75(71(63(47(15)16)48(17)18)64(49(19)20)50(21)22)72(65(51(23)24)52(25)26)66(53(27)28)54(29)30/h1-39H2. The van der Waals surface area contributed by atoms with Crippen molar-refractivity contribution in [3.05, 3.63) is 0 Å². The first-order chi connectivity index (χ1) is 34.5. The predicted molar refractivity (Wildman–Crippen MR) is 546 cm³/mol. The zero-order valence-electron chi connectivity index (χ0n) is 60.4.